The number of hydrogen-bond acceptors (Lipinski definition) is 3. The van der Waals surface area contributed by atoms with Crippen LogP contribution in [-0.4, -0.2) is 24.8 Å². The average Bonchev–Trinajstić information content (AvgIpc) is 2.24. The Morgan fingerprint density at radius 1 is 1.33 bits per heavy atom. The van der Waals surface area contributed by atoms with Crippen molar-refractivity contribution in [3.63, 3.8) is 0 Å². The van der Waals surface area contributed by atoms with Gasteiger partial charge in [-0.25, -0.2) is 9.18 Å². The molecule has 0 aliphatic heterocycles. The van der Waals surface area contributed by atoms with Crippen LogP contribution >= 0.6 is 0 Å². The van der Waals surface area contributed by atoms with E-state index in [9.17, 15) is 9.18 Å². The molecule has 0 saturated carbocycles. The molecule has 0 unspecified atom stereocenters. The number of nitrogens with one attached hydrogen (secondary N) is 1. The van der Waals surface area contributed by atoms with Gasteiger partial charge in [0.25, 0.3) is 0 Å². The zero-order chi connectivity index (χ0) is 13.6. The summed E-state index contributed by atoms with van der Waals surface area (Å²) in [5.74, 6) is -0.252. The predicted molar refractivity (Wildman–Crippen MR) is 66.1 cm³/mol. The van der Waals surface area contributed by atoms with Gasteiger partial charge >= 0.3 is 6.09 Å². The van der Waals surface area contributed by atoms with Crippen LogP contribution in [0.25, 0.3) is 0 Å². The van der Waals surface area contributed by atoms with Crippen molar-refractivity contribution < 1.29 is 18.7 Å². The highest BCUT2D eigenvalue weighted by Gasteiger charge is 2.15. The van der Waals surface area contributed by atoms with Gasteiger partial charge in [-0.15, -0.1) is 0 Å². The Bertz CT molecular complexity index is 401. The largest absolute Gasteiger partial charge is 0.489 e. The Morgan fingerprint density at radius 2 is 2.00 bits per heavy atom. The van der Waals surface area contributed by atoms with E-state index in [-0.39, 0.29) is 18.9 Å². The maximum atomic E-state index is 13.2. The average molecular weight is 255 g/mol. The van der Waals surface area contributed by atoms with Gasteiger partial charge in [0.15, 0.2) is 11.6 Å². The van der Waals surface area contributed by atoms with Gasteiger partial charge in [-0.05, 0) is 32.9 Å². The molecule has 0 atom stereocenters. The van der Waals surface area contributed by atoms with Crippen molar-refractivity contribution in [2.75, 3.05) is 13.2 Å². The van der Waals surface area contributed by atoms with Crippen molar-refractivity contribution in [3.8, 4) is 5.75 Å². The molecule has 4 nitrogen and oxygen atoms in total. The summed E-state index contributed by atoms with van der Waals surface area (Å²) in [5.41, 5.74) is -0.531. The number of rotatable bonds is 4. The van der Waals surface area contributed by atoms with E-state index >= 15 is 0 Å². The molecule has 0 fully saturated rings. The van der Waals surface area contributed by atoms with Gasteiger partial charge in [0.05, 0.1) is 6.54 Å². The number of ether oxygens (including phenoxy) is 2. The third-order valence-corrected chi connectivity index (χ3v) is 1.86. The van der Waals surface area contributed by atoms with Gasteiger partial charge in [0, 0.05) is 0 Å². The minimum Gasteiger partial charge on any atom is -0.489 e. The van der Waals surface area contributed by atoms with Crippen LogP contribution < -0.4 is 10.1 Å². The van der Waals surface area contributed by atoms with Crippen molar-refractivity contribution in [1.29, 1.82) is 0 Å². The van der Waals surface area contributed by atoms with Crippen LogP contribution in [0.2, 0.25) is 0 Å². The number of carbonyl (C=O) groups is 1. The molecule has 0 aromatic heterocycles. The molecule has 0 heterocycles. The number of halogens is 1. The Kier molecular flexibility index (Phi) is 4.95. The third-order valence-electron chi connectivity index (χ3n) is 1.86. The van der Waals surface area contributed by atoms with Gasteiger partial charge in [-0.2, -0.15) is 0 Å². The summed E-state index contributed by atoms with van der Waals surface area (Å²) in [4.78, 5) is 11.3. The lowest BCUT2D eigenvalue weighted by molar-refractivity contribution is 0.0520. The van der Waals surface area contributed by atoms with Crippen molar-refractivity contribution in [2.24, 2.45) is 0 Å². The van der Waals surface area contributed by atoms with Crippen molar-refractivity contribution in [1.82, 2.24) is 5.32 Å². The number of hydrogen-bond donors (Lipinski definition) is 1. The van der Waals surface area contributed by atoms with Gasteiger partial charge in [0.1, 0.15) is 12.2 Å². The van der Waals surface area contributed by atoms with E-state index in [1.165, 1.54) is 12.1 Å². The molecule has 0 aliphatic carbocycles. The fraction of sp³-hybridized carbons (Fsp3) is 0.462. The molecule has 0 radical (unpaired) electrons. The second-order valence-corrected chi connectivity index (χ2v) is 4.71. The van der Waals surface area contributed by atoms with Crippen LogP contribution in [0.5, 0.6) is 5.75 Å². The van der Waals surface area contributed by atoms with Gasteiger partial charge in [-0.3, -0.25) is 0 Å². The molecule has 0 spiro atoms. The van der Waals surface area contributed by atoms with E-state index in [1.54, 1.807) is 32.9 Å². The lowest BCUT2D eigenvalue weighted by Crippen LogP contribution is -2.34. The molecular weight excluding hydrogens is 237 g/mol. The number of alkyl carbamates (subject to hydrolysis) is 1. The lowest BCUT2D eigenvalue weighted by atomic mass is 10.2. The first-order valence-corrected chi connectivity index (χ1v) is 5.73. The van der Waals surface area contributed by atoms with Gasteiger partial charge in [-0.1, -0.05) is 12.1 Å². The van der Waals surface area contributed by atoms with E-state index in [0.29, 0.717) is 0 Å². The highest BCUT2D eigenvalue weighted by atomic mass is 19.1. The summed E-state index contributed by atoms with van der Waals surface area (Å²) in [7, 11) is 0. The van der Waals surface area contributed by atoms with Crippen molar-refractivity contribution >= 4 is 6.09 Å². The molecule has 1 aromatic rings. The summed E-state index contributed by atoms with van der Waals surface area (Å²) in [6.45, 7) is 5.77. The van der Waals surface area contributed by atoms with Gasteiger partial charge in [0.2, 0.25) is 0 Å². The lowest BCUT2D eigenvalue weighted by Gasteiger charge is -2.19. The summed E-state index contributed by atoms with van der Waals surface area (Å²) < 4.78 is 23.4. The molecule has 1 rings (SSSR count). The van der Waals surface area contributed by atoms with Crippen LogP contribution in [-0.2, 0) is 4.74 Å². The smallest absolute Gasteiger partial charge is 0.407 e. The molecule has 1 amide bonds. The predicted octanol–water partition coefficient (Wildman–Crippen LogP) is 2.73. The molecule has 1 N–H and O–H groups in total. The van der Waals surface area contributed by atoms with Crippen molar-refractivity contribution in [2.45, 2.75) is 26.4 Å². The Morgan fingerprint density at radius 3 is 2.61 bits per heavy atom. The van der Waals surface area contributed by atoms with Crippen LogP contribution in [0.4, 0.5) is 9.18 Å². The summed E-state index contributed by atoms with van der Waals surface area (Å²) in [6, 6.07) is 6.11. The summed E-state index contributed by atoms with van der Waals surface area (Å²) >= 11 is 0. The molecule has 0 bridgehead atoms. The fourth-order valence-corrected chi connectivity index (χ4v) is 1.19. The van der Waals surface area contributed by atoms with E-state index in [1.807, 2.05) is 0 Å². The fourth-order valence-electron chi connectivity index (χ4n) is 1.19. The molecule has 100 valence electrons. The number of amides is 1. The minimum atomic E-state index is -0.531. The maximum Gasteiger partial charge on any atom is 0.407 e. The number of benzene rings is 1. The Hall–Kier alpha value is -1.78. The van der Waals surface area contributed by atoms with E-state index in [2.05, 4.69) is 5.32 Å². The topological polar surface area (TPSA) is 47.6 Å². The van der Waals surface area contributed by atoms with Crippen LogP contribution in [0.1, 0.15) is 20.8 Å². The quantitative estimate of drug-likeness (QED) is 0.841. The van der Waals surface area contributed by atoms with Crippen LogP contribution in [0, 0.1) is 5.82 Å². The SMILES string of the molecule is CC(C)(C)OC(=O)NCCOc1ccccc1F. The molecule has 5 heteroatoms. The second-order valence-electron chi connectivity index (χ2n) is 4.71. The summed E-state index contributed by atoms with van der Waals surface area (Å²) in [5, 5.41) is 2.52. The van der Waals surface area contributed by atoms with Crippen LogP contribution in [0.15, 0.2) is 24.3 Å². The Balaban J connectivity index is 2.23. The molecular formula is C13H18FNO3. The second kappa shape index (κ2) is 6.23. The van der Waals surface area contributed by atoms with Gasteiger partial charge < -0.3 is 14.8 Å². The first kappa shape index (κ1) is 14.3. The molecule has 0 saturated heterocycles. The van der Waals surface area contributed by atoms with E-state index in [0.717, 1.165) is 0 Å². The zero-order valence-corrected chi connectivity index (χ0v) is 10.8. The highest BCUT2D eigenvalue weighted by molar-refractivity contribution is 5.67. The molecule has 18 heavy (non-hydrogen) atoms. The van der Waals surface area contributed by atoms with Crippen LogP contribution in [0.3, 0.4) is 0 Å². The van der Waals surface area contributed by atoms with E-state index in [4.69, 9.17) is 9.47 Å². The molecule has 0 aliphatic rings. The number of para-hydroxylation sites is 1. The highest BCUT2D eigenvalue weighted by Crippen LogP contribution is 2.14. The zero-order valence-electron chi connectivity index (χ0n) is 10.8. The first-order chi connectivity index (χ1) is 8.38. The Labute approximate surface area is 106 Å². The standard InChI is InChI=1S/C13H18FNO3/c1-13(2,3)18-12(16)15-8-9-17-11-7-5-4-6-10(11)14/h4-7H,8-9H2,1-3H3,(H,15,16). The monoisotopic (exact) mass is 255 g/mol. The number of carbonyl (C=O) groups excluding carboxylic acids is 1. The minimum absolute atomic E-state index is 0.170. The summed E-state index contributed by atoms with van der Waals surface area (Å²) in [6.07, 6.45) is -0.514. The third kappa shape index (κ3) is 5.52. The molecule has 1 aromatic carbocycles. The normalized spacial score (nSPS) is 10.9. The maximum absolute atomic E-state index is 13.2. The van der Waals surface area contributed by atoms with E-state index < -0.39 is 17.5 Å². The van der Waals surface area contributed by atoms with Crippen molar-refractivity contribution in [3.05, 3.63) is 30.1 Å². The first-order valence-electron chi connectivity index (χ1n) is 5.73.